The normalized spacial score (nSPS) is 10.7. The molecule has 0 aliphatic carbocycles. The largest absolute Gasteiger partial charge is 0.308 e. The second kappa shape index (κ2) is 8.98. The lowest BCUT2D eigenvalue weighted by Gasteiger charge is -2.04. The van der Waals surface area contributed by atoms with Crippen LogP contribution in [0, 0.1) is 6.92 Å². The van der Waals surface area contributed by atoms with Crippen molar-refractivity contribution in [3.8, 4) is 0 Å². The fourth-order valence-electron chi connectivity index (χ4n) is 1.88. The monoisotopic (exact) mass is 437 g/mol. The summed E-state index contributed by atoms with van der Waals surface area (Å²) in [7, 11) is 0. The zero-order chi connectivity index (χ0) is 18.4. The molecule has 2 aromatic rings. The molecule has 8 heteroatoms. The number of ketones is 1. The highest BCUT2D eigenvalue weighted by atomic mass is 79.9. The molecule has 0 unspecified atom stereocenters. The molecule has 1 heterocycles. The van der Waals surface area contributed by atoms with Crippen molar-refractivity contribution in [1.82, 2.24) is 10.3 Å². The number of amides is 1. The van der Waals surface area contributed by atoms with Crippen molar-refractivity contribution in [3.63, 3.8) is 0 Å². The maximum atomic E-state index is 12.4. The lowest BCUT2D eigenvalue weighted by atomic mass is 10.2. The topological polar surface area (TPSA) is 71.1 Å². The number of allylic oxidation sites excluding steroid dienone is 1. The Hall–Kier alpha value is -1.90. The highest BCUT2D eigenvalue weighted by Gasteiger charge is 2.14. The molecule has 0 saturated carbocycles. The summed E-state index contributed by atoms with van der Waals surface area (Å²) in [6, 6.07) is 7.66. The predicted octanol–water partition coefficient (Wildman–Crippen LogP) is 4.33. The standard InChI is InChI=1S/C17H16BrN3O2S2/c1-3-14(23)20-16(24)21-17-19-10(2)15(25-17)13(22)8-7-11-5-4-6-12(18)9-11/h4-9H,3H2,1-2H3,(H2,19,20,21,23,24). The van der Waals surface area contributed by atoms with Gasteiger partial charge in [0.1, 0.15) is 0 Å². The van der Waals surface area contributed by atoms with Crippen LogP contribution in [-0.2, 0) is 4.79 Å². The molecule has 0 saturated heterocycles. The minimum atomic E-state index is -0.181. The van der Waals surface area contributed by atoms with Crippen molar-refractivity contribution in [1.29, 1.82) is 0 Å². The van der Waals surface area contributed by atoms with Crippen LogP contribution in [0.1, 0.15) is 34.3 Å². The van der Waals surface area contributed by atoms with Crippen LogP contribution in [0.3, 0.4) is 0 Å². The van der Waals surface area contributed by atoms with Gasteiger partial charge in [0.15, 0.2) is 16.0 Å². The van der Waals surface area contributed by atoms with E-state index in [1.54, 1.807) is 19.9 Å². The number of aromatic nitrogens is 1. The number of anilines is 1. The van der Waals surface area contributed by atoms with Gasteiger partial charge in [0.2, 0.25) is 5.91 Å². The van der Waals surface area contributed by atoms with Gasteiger partial charge in [-0.15, -0.1) is 0 Å². The molecule has 0 fully saturated rings. The number of nitrogens with one attached hydrogen (secondary N) is 2. The second-order valence-corrected chi connectivity index (χ2v) is 7.36. The van der Waals surface area contributed by atoms with Crippen molar-refractivity contribution in [2.24, 2.45) is 0 Å². The fraction of sp³-hybridized carbons (Fsp3) is 0.176. The molecular formula is C17H16BrN3O2S2. The summed E-state index contributed by atoms with van der Waals surface area (Å²) in [5.41, 5.74) is 1.53. The van der Waals surface area contributed by atoms with Gasteiger partial charge in [-0.05, 0) is 42.9 Å². The molecule has 0 radical (unpaired) electrons. The van der Waals surface area contributed by atoms with E-state index in [1.165, 1.54) is 17.4 Å². The van der Waals surface area contributed by atoms with Gasteiger partial charge in [0, 0.05) is 10.9 Å². The van der Waals surface area contributed by atoms with Crippen LogP contribution in [0.5, 0.6) is 0 Å². The number of thiocarbonyl (C=S) groups is 1. The average Bonchev–Trinajstić information content (AvgIpc) is 2.92. The van der Waals surface area contributed by atoms with Crippen LogP contribution in [-0.4, -0.2) is 21.8 Å². The molecule has 0 aliphatic rings. The second-order valence-electron chi connectivity index (χ2n) is 5.04. The van der Waals surface area contributed by atoms with Crippen LogP contribution in [0.25, 0.3) is 6.08 Å². The van der Waals surface area contributed by atoms with E-state index in [4.69, 9.17) is 12.2 Å². The van der Waals surface area contributed by atoms with Gasteiger partial charge in [0.05, 0.1) is 10.6 Å². The summed E-state index contributed by atoms with van der Waals surface area (Å²) < 4.78 is 0.949. The van der Waals surface area contributed by atoms with Crippen molar-refractivity contribution in [2.75, 3.05) is 5.32 Å². The van der Waals surface area contributed by atoms with Gasteiger partial charge in [-0.25, -0.2) is 4.98 Å². The van der Waals surface area contributed by atoms with Gasteiger partial charge in [-0.1, -0.05) is 52.4 Å². The Kier molecular flexibility index (Phi) is 6.98. The van der Waals surface area contributed by atoms with Crippen molar-refractivity contribution < 1.29 is 9.59 Å². The SMILES string of the molecule is CCC(=O)NC(=S)Nc1nc(C)c(C(=O)C=Cc2cccc(Br)c2)s1. The van der Waals surface area contributed by atoms with Gasteiger partial charge >= 0.3 is 0 Å². The number of carbonyl (C=O) groups excluding carboxylic acids is 2. The first-order valence-electron chi connectivity index (χ1n) is 7.45. The minimum Gasteiger partial charge on any atom is -0.308 e. The average molecular weight is 438 g/mol. The molecule has 0 bridgehead atoms. The lowest BCUT2D eigenvalue weighted by molar-refractivity contribution is -0.119. The minimum absolute atomic E-state index is 0.133. The summed E-state index contributed by atoms with van der Waals surface area (Å²) in [5, 5.41) is 6.00. The van der Waals surface area contributed by atoms with Gasteiger partial charge < -0.3 is 10.6 Å². The number of halogens is 1. The maximum Gasteiger partial charge on any atom is 0.225 e. The van der Waals surface area contributed by atoms with E-state index in [0.717, 1.165) is 10.0 Å². The summed E-state index contributed by atoms with van der Waals surface area (Å²) >= 11 is 9.64. The molecule has 1 aromatic heterocycles. The Morgan fingerprint density at radius 3 is 2.84 bits per heavy atom. The Balaban J connectivity index is 2.07. The summed E-state index contributed by atoms with van der Waals surface area (Å²) in [6.07, 6.45) is 3.61. The highest BCUT2D eigenvalue weighted by molar-refractivity contribution is 9.10. The smallest absolute Gasteiger partial charge is 0.225 e. The first-order valence-corrected chi connectivity index (χ1v) is 9.47. The number of hydrogen-bond acceptors (Lipinski definition) is 5. The summed E-state index contributed by atoms with van der Waals surface area (Å²) in [4.78, 5) is 28.5. The van der Waals surface area contributed by atoms with Crippen molar-refractivity contribution >= 4 is 67.5 Å². The number of thiazole rings is 1. The van der Waals surface area contributed by atoms with Crippen LogP contribution in [0.15, 0.2) is 34.8 Å². The third-order valence-corrected chi connectivity index (χ3v) is 4.88. The molecule has 1 aromatic carbocycles. The molecule has 5 nitrogen and oxygen atoms in total. The van der Waals surface area contributed by atoms with E-state index >= 15 is 0 Å². The number of aryl methyl sites for hydroxylation is 1. The van der Waals surface area contributed by atoms with E-state index in [0.29, 0.717) is 22.1 Å². The Labute approximate surface area is 163 Å². The van der Waals surface area contributed by atoms with E-state index < -0.39 is 0 Å². The van der Waals surface area contributed by atoms with E-state index in [1.807, 2.05) is 24.3 Å². The maximum absolute atomic E-state index is 12.4. The highest BCUT2D eigenvalue weighted by Crippen LogP contribution is 2.24. The molecule has 130 valence electrons. The van der Waals surface area contributed by atoms with Crippen LogP contribution in [0.2, 0.25) is 0 Å². The first kappa shape index (κ1) is 19.4. The molecule has 25 heavy (non-hydrogen) atoms. The third kappa shape index (κ3) is 5.84. The van der Waals surface area contributed by atoms with Gasteiger partial charge in [0.25, 0.3) is 0 Å². The fourth-order valence-corrected chi connectivity index (χ4v) is 3.46. The Morgan fingerprint density at radius 1 is 1.40 bits per heavy atom. The summed E-state index contributed by atoms with van der Waals surface area (Å²) in [5.74, 6) is -0.314. The number of rotatable bonds is 5. The third-order valence-electron chi connectivity index (χ3n) is 3.09. The van der Waals surface area contributed by atoms with Crippen LogP contribution >= 0.6 is 39.5 Å². The number of hydrogen-bond donors (Lipinski definition) is 2. The Bertz CT molecular complexity index is 846. The van der Waals surface area contributed by atoms with Crippen molar-refractivity contribution in [3.05, 3.63) is 50.9 Å². The number of benzene rings is 1. The molecule has 1 amide bonds. The molecule has 2 rings (SSSR count). The van der Waals surface area contributed by atoms with E-state index in [-0.39, 0.29) is 16.8 Å². The van der Waals surface area contributed by atoms with E-state index in [2.05, 4.69) is 31.5 Å². The van der Waals surface area contributed by atoms with Crippen LogP contribution in [0.4, 0.5) is 5.13 Å². The zero-order valence-electron chi connectivity index (χ0n) is 13.6. The van der Waals surface area contributed by atoms with Gasteiger partial charge in [-0.2, -0.15) is 0 Å². The zero-order valence-corrected chi connectivity index (χ0v) is 16.8. The van der Waals surface area contributed by atoms with E-state index in [9.17, 15) is 9.59 Å². The number of nitrogens with zero attached hydrogens (tertiary/aromatic N) is 1. The van der Waals surface area contributed by atoms with Crippen LogP contribution < -0.4 is 10.6 Å². The molecule has 0 aliphatic heterocycles. The lowest BCUT2D eigenvalue weighted by Crippen LogP contribution is -2.33. The molecular weight excluding hydrogens is 422 g/mol. The molecule has 0 atom stereocenters. The molecule has 2 N–H and O–H groups in total. The summed E-state index contributed by atoms with van der Waals surface area (Å²) in [6.45, 7) is 3.50. The quantitative estimate of drug-likeness (QED) is 0.413. The predicted molar refractivity (Wildman–Crippen MR) is 109 cm³/mol. The number of carbonyl (C=O) groups is 2. The first-order chi connectivity index (χ1) is 11.9. The Morgan fingerprint density at radius 2 is 2.16 bits per heavy atom. The van der Waals surface area contributed by atoms with Crippen molar-refractivity contribution in [2.45, 2.75) is 20.3 Å². The van der Waals surface area contributed by atoms with Gasteiger partial charge in [-0.3, -0.25) is 9.59 Å². The molecule has 0 spiro atoms.